The Balaban J connectivity index is 0.000000377. The summed E-state index contributed by atoms with van der Waals surface area (Å²) in [6.45, 7) is 62.0. The Morgan fingerprint density at radius 1 is 0.304 bits per heavy atom. The van der Waals surface area contributed by atoms with E-state index < -0.39 is 0 Å². The first kappa shape index (κ1) is 53.9. The monoisotopic (exact) mass is 789 g/mol. The summed E-state index contributed by atoms with van der Waals surface area (Å²) in [6.07, 6.45) is 5.95. The molecule has 4 heteroatoms. The summed E-state index contributed by atoms with van der Waals surface area (Å²) in [4.78, 5) is 10.5. The largest absolute Gasteiger partial charge is 0.298 e. The molecule has 4 rings (SSSR count). The molecule has 0 amide bonds. The van der Waals surface area contributed by atoms with Gasteiger partial charge in [0.25, 0.3) is 0 Å². The standard InChI is InChI=1S/C16H32.C14H30N2.C12H24.C10H22N2/c2*1-9(2)15-11(5)13(7)16(10(3)4)14(8)12(15)6;2*1-9(2)11-5-7-12(8-6-11)10(3)4/h9-16H,1-8H3;9-14H,1-8H3;9-12H,5-8H2,1-4H3;9-10H,5-8H2,1-4H3. The SMILES string of the molecule is CC(C)C1C(C)C(C)C(C(C)C)C(C)C1C.CC(C)C1CCC(C(C)C)CC1.CC(C)N1C(C)C(C)N(C(C)C)C(C)C1C.CC(C)N1CCN(C(C)C)CC1. The van der Waals surface area contributed by atoms with Gasteiger partial charge in [-0.25, -0.2) is 0 Å². The first-order valence-electron chi connectivity index (χ1n) is 24.8. The minimum atomic E-state index is 0.643. The molecular weight excluding hydrogens is 681 g/mol. The molecule has 4 fully saturated rings. The van der Waals surface area contributed by atoms with Crippen LogP contribution in [0.3, 0.4) is 0 Å². The molecule has 4 aliphatic rings. The number of hydrogen-bond acceptors (Lipinski definition) is 4. The molecule has 0 N–H and O–H groups in total. The fraction of sp³-hybridized carbons (Fsp3) is 1.00. The summed E-state index contributed by atoms with van der Waals surface area (Å²) >= 11 is 0. The van der Waals surface area contributed by atoms with Gasteiger partial charge in [0.05, 0.1) is 0 Å². The van der Waals surface area contributed by atoms with Crippen LogP contribution in [-0.2, 0) is 0 Å². The van der Waals surface area contributed by atoms with Crippen molar-refractivity contribution in [2.75, 3.05) is 26.2 Å². The highest BCUT2D eigenvalue weighted by Gasteiger charge is 2.45. The quantitative estimate of drug-likeness (QED) is 0.243. The predicted molar refractivity (Wildman–Crippen MR) is 254 cm³/mol. The van der Waals surface area contributed by atoms with Crippen LogP contribution in [0, 0.1) is 71.0 Å². The lowest BCUT2D eigenvalue weighted by Crippen LogP contribution is -2.68. The molecular formula is C52H108N4. The van der Waals surface area contributed by atoms with E-state index in [0.717, 1.165) is 83.1 Å². The minimum absolute atomic E-state index is 0.643. The van der Waals surface area contributed by atoms with Crippen LogP contribution in [0.1, 0.15) is 192 Å². The van der Waals surface area contributed by atoms with Gasteiger partial charge in [0.1, 0.15) is 0 Å². The molecule has 56 heavy (non-hydrogen) atoms. The third kappa shape index (κ3) is 15.1. The second kappa shape index (κ2) is 24.9. The van der Waals surface area contributed by atoms with Crippen molar-refractivity contribution in [3.8, 4) is 0 Å². The van der Waals surface area contributed by atoms with Gasteiger partial charge >= 0.3 is 0 Å². The predicted octanol–water partition coefficient (Wildman–Crippen LogP) is 13.6. The van der Waals surface area contributed by atoms with E-state index >= 15 is 0 Å². The Hall–Kier alpha value is -0.160. The van der Waals surface area contributed by atoms with Gasteiger partial charge < -0.3 is 0 Å². The highest BCUT2D eigenvalue weighted by Crippen LogP contribution is 2.50. The second-order valence-corrected chi connectivity index (χ2v) is 22.5. The molecule has 8 atom stereocenters. The summed E-state index contributed by atoms with van der Waals surface area (Å²) in [5.74, 6) is 10.9. The van der Waals surface area contributed by atoms with Gasteiger partial charge in [0.15, 0.2) is 0 Å². The molecule has 0 spiro atoms. The third-order valence-corrected chi connectivity index (χ3v) is 16.6. The second-order valence-electron chi connectivity index (χ2n) is 22.5. The molecule has 8 unspecified atom stereocenters. The molecule has 0 aromatic rings. The van der Waals surface area contributed by atoms with E-state index in [1.807, 2.05) is 0 Å². The summed E-state index contributed by atoms with van der Waals surface area (Å²) in [6, 6.07) is 5.32. The van der Waals surface area contributed by atoms with E-state index in [1.165, 1.54) is 51.9 Å². The third-order valence-electron chi connectivity index (χ3n) is 16.6. The maximum Gasteiger partial charge on any atom is 0.0227 e. The van der Waals surface area contributed by atoms with Crippen LogP contribution in [0.25, 0.3) is 0 Å². The number of nitrogens with zero attached hydrogens (tertiary/aromatic N) is 4. The van der Waals surface area contributed by atoms with Crippen LogP contribution in [0.4, 0.5) is 0 Å². The normalized spacial score (nSPS) is 35.6. The lowest BCUT2D eigenvalue weighted by molar-refractivity contribution is -0.0691. The van der Waals surface area contributed by atoms with Crippen molar-refractivity contribution < 1.29 is 0 Å². The molecule has 0 aromatic carbocycles. The number of piperazine rings is 2. The Morgan fingerprint density at radius 2 is 0.518 bits per heavy atom. The van der Waals surface area contributed by atoms with Crippen LogP contribution in [0.15, 0.2) is 0 Å². The van der Waals surface area contributed by atoms with Crippen molar-refractivity contribution in [3.63, 3.8) is 0 Å². The Bertz CT molecular complexity index is 808. The molecule has 2 saturated carbocycles. The van der Waals surface area contributed by atoms with E-state index in [2.05, 4.69) is 186 Å². The van der Waals surface area contributed by atoms with Crippen molar-refractivity contribution in [1.29, 1.82) is 0 Å². The molecule has 2 aliphatic carbocycles. The van der Waals surface area contributed by atoms with Crippen molar-refractivity contribution in [3.05, 3.63) is 0 Å². The van der Waals surface area contributed by atoms with Gasteiger partial charge in [-0.05, 0) is 180 Å². The van der Waals surface area contributed by atoms with Crippen LogP contribution >= 0.6 is 0 Å². The fourth-order valence-corrected chi connectivity index (χ4v) is 12.7. The fourth-order valence-electron chi connectivity index (χ4n) is 12.7. The number of rotatable bonds is 8. The van der Waals surface area contributed by atoms with Gasteiger partial charge in [0.2, 0.25) is 0 Å². The zero-order valence-corrected chi connectivity index (χ0v) is 43.0. The topological polar surface area (TPSA) is 13.0 Å². The molecule has 2 heterocycles. The van der Waals surface area contributed by atoms with Crippen molar-refractivity contribution in [2.45, 2.75) is 240 Å². The van der Waals surface area contributed by atoms with Crippen LogP contribution in [0.5, 0.6) is 0 Å². The van der Waals surface area contributed by atoms with Gasteiger partial charge in [-0.2, -0.15) is 0 Å². The van der Waals surface area contributed by atoms with E-state index in [9.17, 15) is 0 Å². The molecule has 336 valence electrons. The van der Waals surface area contributed by atoms with Gasteiger partial charge in [-0.15, -0.1) is 0 Å². The van der Waals surface area contributed by atoms with Gasteiger partial charge in [-0.1, -0.05) is 83.1 Å². The maximum absolute atomic E-state index is 2.67. The summed E-state index contributed by atoms with van der Waals surface area (Å²) in [7, 11) is 0. The zero-order chi connectivity index (χ0) is 43.5. The van der Waals surface area contributed by atoms with Gasteiger partial charge in [0, 0.05) is 74.5 Å². The van der Waals surface area contributed by atoms with Crippen LogP contribution in [0.2, 0.25) is 0 Å². The zero-order valence-electron chi connectivity index (χ0n) is 43.0. The molecule has 2 saturated heterocycles. The Morgan fingerprint density at radius 3 is 0.661 bits per heavy atom. The molecule has 0 radical (unpaired) electrons. The highest BCUT2D eigenvalue weighted by atomic mass is 15.4. The first-order chi connectivity index (χ1) is 25.8. The van der Waals surface area contributed by atoms with Gasteiger partial charge in [-0.3, -0.25) is 19.6 Å². The van der Waals surface area contributed by atoms with E-state index in [1.54, 1.807) is 0 Å². The van der Waals surface area contributed by atoms with E-state index in [-0.39, 0.29) is 0 Å². The first-order valence-corrected chi connectivity index (χ1v) is 24.8. The smallest absolute Gasteiger partial charge is 0.0227 e. The molecule has 0 aromatic heterocycles. The lowest BCUT2D eigenvalue weighted by atomic mass is 9.54. The lowest BCUT2D eigenvalue weighted by Gasteiger charge is -2.55. The summed E-state index contributed by atoms with van der Waals surface area (Å²) in [5.41, 5.74) is 0. The van der Waals surface area contributed by atoms with Crippen molar-refractivity contribution in [1.82, 2.24) is 19.6 Å². The average Bonchev–Trinajstić information content (AvgIpc) is 3.10. The Labute approximate surface area is 355 Å². The van der Waals surface area contributed by atoms with E-state index in [0.29, 0.717) is 36.3 Å². The van der Waals surface area contributed by atoms with Crippen LogP contribution < -0.4 is 0 Å². The molecule has 4 nitrogen and oxygen atoms in total. The highest BCUT2D eigenvalue weighted by molar-refractivity contribution is 4.98. The summed E-state index contributed by atoms with van der Waals surface area (Å²) in [5, 5.41) is 0. The number of hydrogen-bond donors (Lipinski definition) is 0. The van der Waals surface area contributed by atoms with Crippen molar-refractivity contribution in [2.24, 2.45) is 71.0 Å². The Kier molecular flexibility index (Phi) is 24.0. The van der Waals surface area contributed by atoms with E-state index in [4.69, 9.17) is 0 Å². The van der Waals surface area contributed by atoms with Crippen LogP contribution in [-0.4, -0.2) is 94.1 Å². The summed E-state index contributed by atoms with van der Waals surface area (Å²) < 4.78 is 0. The molecule has 2 aliphatic heterocycles. The average molecular weight is 789 g/mol. The van der Waals surface area contributed by atoms with Crippen molar-refractivity contribution >= 4 is 0 Å². The molecule has 0 bridgehead atoms. The minimum Gasteiger partial charge on any atom is -0.298 e. The maximum atomic E-state index is 2.67.